The Morgan fingerprint density at radius 1 is 1.06 bits per heavy atom. The zero-order valence-electron chi connectivity index (χ0n) is 16.8. The standard InChI is InChI=1S/C23H23ClFN3O2.ClH/c24-19-13-18(10-11-20(19)25)30-14-23(29)27-17-8-6-16(7-9-17)26-22-12-5-15-3-1-2-4-21(15)28-22;/h1-5,10-13,16-17H,6-9,14H2,(H,26,28)(H,27,29);1H. The number of aromatic nitrogens is 1. The third kappa shape index (κ3) is 6.21. The molecule has 1 fully saturated rings. The van der Waals surface area contributed by atoms with Crippen LogP contribution in [0.2, 0.25) is 5.02 Å². The molecule has 3 aromatic rings. The highest BCUT2D eigenvalue weighted by molar-refractivity contribution is 6.30. The Labute approximate surface area is 191 Å². The van der Waals surface area contributed by atoms with E-state index in [1.165, 1.54) is 18.2 Å². The summed E-state index contributed by atoms with van der Waals surface area (Å²) in [4.78, 5) is 16.8. The minimum absolute atomic E-state index is 0. The van der Waals surface area contributed by atoms with Crippen molar-refractivity contribution in [3.8, 4) is 5.75 Å². The lowest BCUT2D eigenvalue weighted by atomic mass is 9.91. The maximum atomic E-state index is 13.2. The molecule has 0 aliphatic heterocycles. The molecule has 1 amide bonds. The van der Waals surface area contributed by atoms with Gasteiger partial charge in [0.15, 0.2) is 6.61 Å². The molecule has 0 radical (unpaired) electrons. The number of benzene rings is 2. The molecule has 164 valence electrons. The highest BCUT2D eigenvalue weighted by Gasteiger charge is 2.22. The number of nitrogens with zero attached hydrogens (tertiary/aromatic N) is 1. The Kier molecular flexibility index (Phi) is 7.93. The topological polar surface area (TPSA) is 63.2 Å². The number of pyridine rings is 1. The second-order valence-corrected chi connectivity index (χ2v) is 7.92. The highest BCUT2D eigenvalue weighted by atomic mass is 35.5. The summed E-state index contributed by atoms with van der Waals surface area (Å²) in [6.07, 6.45) is 3.68. The lowest BCUT2D eigenvalue weighted by molar-refractivity contribution is -0.124. The summed E-state index contributed by atoms with van der Waals surface area (Å²) in [6, 6.07) is 16.6. The molecule has 0 unspecified atom stereocenters. The molecule has 4 rings (SSSR count). The maximum absolute atomic E-state index is 13.2. The van der Waals surface area contributed by atoms with Crippen LogP contribution in [0.5, 0.6) is 5.75 Å². The van der Waals surface area contributed by atoms with E-state index in [4.69, 9.17) is 16.3 Å². The van der Waals surface area contributed by atoms with E-state index in [1.54, 1.807) is 0 Å². The Balaban J connectivity index is 0.00000272. The molecule has 2 N–H and O–H groups in total. The predicted octanol–water partition coefficient (Wildman–Crippen LogP) is 5.37. The Bertz CT molecular complexity index is 1040. The van der Waals surface area contributed by atoms with Crippen LogP contribution < -0.4 is 15.4 Å². The molecule has 1 aromatic heterocycles. The fourth-order valence-electron chi connectivity index (χ4n) is 3.72. The van der Waals surface area contributed by atoms with Crippen LogP contribution in [0.4, 0.5) is 10.2 Å². The molecular weight excluding hydrogens is 440 g/mol. The van der Waals surface area contributed by atoms with Crippen LogP contribution in [0.15, 0.2) is 54.6 Å². The van der Waals surface area contributed by atoms with Crippen LogP contribution in [-0.4, -0.2) is 29.6 Å². The molecule has 1 aliphatic rings. The zero-order valence-corrected chi connectivity index (χ0v) is 18.4. The van der Waals surface area contributed by atoms with Gasteiger partial charge in [-0.1, -0.05) is 29.8 Å². The number of carbonyl (C=O) groups is 1. The number of ether oxygens (including phenoxy) is 1. The first-order valence-corrected chi connectivity index (χ1v) is 10.4. The van der Waals surface area contributed by atoms with Crippen molar-refractivity contribution in [1.82, 2.24) is 10.3 Å². The predicted molar refractivity (Wildman–Crippen MR) is 124 cm³/mol. The number of halogens is 3. The summed E-state index contributed by atoms with van der Waals surface area (Å²) in [6.45, 7) is -0.124. The average Bonchev–Trinajstić information content (AvgIpc) is 2.76. The van der Waals surface area contributed by atoms with Crippen molar-refractivity contribution in [1.29, 1.82) is 0 Å². The van der Waals surface area contributed by atoms with Crippen molar-refractivity contribution < 1.29 is 13.9 Å². The fourth-order valence-corrected chi connectivity index (χ4v) is 3.89. The molecule has 31 heavy (non-hydrogen) atoms. The van der Waals surface area contributed by atoms with Crippen molar-refractivity contribution in [2.45, 2.75) is 37.8 Å². The van der Waals surface area contributed by atoms with Crippen molar-refractivity contribution in [3.05, 3.63) is 65.4 Å². The van der Waals surface area contributed by atoms with Gasteiger partial charge in [0, 0.05) is 23.5 Å². The van der Waals surface area contributed by atoms with Gasteiger partial charge in [0.1, 0.15) is 17.4 Å². The zero-order chi connectivity index (χ0) is 20.9. The first kappa shape index (κ1) is 23.1. The lowest BCUT2D eigenvalue weighted by Crippen LogP contribution is -2.42. The van der Waals surface area contributed by atoms with Crippen LogP contribution in [0.3, 0.4) is 0 Å². The fraction of sp³-hybridized carbons (Fsp3) is 0.304. The molecule has 0 atom stereocenters. The van der Waals surface area contributed by atoms with Gasteiger partial charge in [-0.15, -0.1) is 12.4 Å². The SMILES string of the molecule is Cl.O=C(COc1ccc(F)c(Cl)c1)NC1CCC(Nc2ccc3ccccc3n2)CC1. The molecule has 8 heteroatoms. The van der Waals surface area contributed by atoms with E-state index < -0.39 is 5.82 Å². The summed E-state index contributed by atoms with van der Waals surface area (Å²) in [5, 5.41) is 7.62. The minimum Gasteiger partial charge on any atom is -0.484 e. The smallest absolute Gasteiger partial charge is 0.258 e. The van der Waals surface area contributed by atoms with E-state index >= 15 is 0 Å². The number of rotatable bonds is 6. The minimum atomic E-state index is -0.516. The van der Waals surface area contributed by atoms with Gasteiger partial charge >= 0.3 is 0 Å². The first-order valence-electron chi connectivity index (χ1n) is 10.1. The van der Waals surface area contributed by atoms with Gasteiger partial charge in [-0.2, -0.15) is 0 Å². The molecule has 1 saturated carbocycles. The second kappa shape index (κ2) is 10.6. The summed E-state index contributed by atoms with van der Waals surface area (Å²) in [5.41, 5.74) is 0.978. The first-order chi connectivity index (χ1) is 14.6. The van der Waals surface area contributed by atoms with Crippen LogP contribution in [-0.2, 0) is 4.79 Å². The Morgan fingerprint density at radius 3 is 2.58 bits per heavy atom. The number of anilines is 1. The van der Waals surface area contributed by atoms with Crippen molar-refractivity contribution in [2.24, 2.45) is 0 Å². The maximum Gasteiger partial charge on any atom is 0.258 e. The molecule has 1 aliphatic carbocycles. The number of hydrogen-bond donors (Lipinski definition) is 2. The van der Waals surface area contributed by atoms with Crippen molar-refractivity contribution >= 4 is 46.6 Å². The van der Waals surface area contributed by atoms with Gasteiger partial charge in [-0.25, -0.2) is 9.37 Å². The Morgan fingerprint density at radius 2 is 1.81 bits per heavy atom. The average molecular weight is 464 g/mol. The van der Waals surface area contributed by atoms with Crippen LogP contribution in [0, 0.1) is 5.82 Å². The van der Waals surface area contributed by atoms with Crippen LogP contribution >= 0.6 is 24.0 Å². The lowest BCUT2D eigenvalue weighted by Gasteiger charge is -2.30. The largest absolute Gasteiger partial charge is 0.484 e. The summed E-state index contributed by atoms with van der Waals surface area (Å²) >= 11 is 5.72. The number of nitrogens with one attached hydrogen (secondary N) is 2. The number of carbonyl (C=O) groups excluding carboxylic acids is 1. The number of fused-ring (bicyclic) bond motifs is 1. The normalized spacial score (nSPS) is 18.1. The number of hydrogen-bond acceptors (Lipinski definition) is 4. The molecule has 5 nitrogen and oxygen atoms in total. The number of para-hydroxylation sites is 1. The van der Waals surface area contributed by atoms with Gasteiger partial charge in [0.2, 0.25) is 0 Å². The van der Waals surface area contributed by atoms with Gasteiger partial charge in [0.25, 0.3) is 5.91 Å². The molecule has 0 spiro atoms. The van der Waals surface area contributed by atoms with Gasteiger partial charge in [-0.05, 0) is 56.0 Å². The van der Waals surface area contributed by atoms with Crippen LogP contribution in [0.25, 0.3) is 10.9 Å². The summed E-state index contributed by atoms with van der Waals surface area (Å²) in [7, 11) is 0. The second-order valence-electron chi connectivity index (χ2n) is 7.51. The number of amides is 1. The third-order valence-corrected chi connectivity index (χ3v) is 5.59. The monoisotopic (exact) mass is 463 g/mol. The summed E-state index contributed by atoms with van der Waals surface area (Å²) < 4.78 is 18.6. The molecule has 0 saturated heterocycles. The van der Waals surface area contributed by atoms with E-state index in [1.807, 2.05) is 30.3 Å². The van der Waals surface area contributed by atoms with E-state index in [0.717, 1.165) is 42.4 Å². The molecular formula is C23H24Cl2FN3O2. The van der Waals surface area contributed by atoms with Gasteiger partial charge < -0.3 is 15.4 Å². The van der Waals surface area contributed by atoms with E-state index in [9.17, 15) is 9.18 Å². The molecule has 0 bridgehead atoms. The van der Waals surface area contributed by atoms with E-state index in [-0.39, 0.29) is 36.0 Å². The van der Waals surface area contributed by atoms with Crippen molar-refractivity contribution in [2.75, 3.05) is 11.9 Å². The van der Waals surface area contributed by atoms with Crippen molar-refractivity contribution in [3.63, 3.8) is 0 Å². The third-order valence-electron chi connectivity index (χ3n) is 5.30. The van der Waals surface area contributed by atoms with Gasteiger partial charge in [0.05, 0.1) is 10.5 Å². The molecule has 2 aromatic carbocycles. The quantitative estimate of drug-likeness (QED) is 0.515. The van der Waals surface area contributed by atoms with Crippen LogP contribution in [0.1, 0.15) is 25.7 Å². The van der Waals surface area contributed by atoms with E-state index in [2.05, 4.69) is 21.7 Å². The molecule has 1 heterocycles. The highest BCUT2D eigenvalue weighted by Crippen LogP contribution is 2.24. The van der Waals surface area contributed by atoms with Gasteiger partial charge in [-0.3, -0.25) is 4.79 Å². The summed E-state index contributed by atoms with van der Waals surface area (Å²) in [5.74, 6) is 0.542. The Hall–Kier alpha value is -2.57. The van der Waals surface area contributed by atoms with E-state index in [0.29, 0.717) is 11.8 Å².